The molecule has 1 unspecified atom stereocenters. The summed E-state index contributed by atoms with van der Waals surface area (Å²) in [7, 11) is 0. The third-order valence-electron chi connectivity index (χ3n) is 6.16. The Kier molecular flexibility index (Phi) is 5.97. The van der Waals surface area contributed by atoms with Crippen molar-refractivity contribution in [3.63, 3.8) is 0 Å². The zero-order chi connectivity index (χ0) is 20.2. The van der Waals surface area contributed by atoms with Crippen molar-refractivity contribution in [1.29, 1.82) is 0 Å². The molecule has 0 aliphatic carbocycles. The Morgan fingerprint density at radius 1 is 1.14 bits per heavy atom. The molecule has 0 saturated carbocycles. The summed E-state index contributed by atoms with van der Waals surface area (Å²) >= 11 is 0. The second-order valence-corrected chi connectivity index (χ2v) is 8.20. The van der Waals surface area contributed by atoms with Crippen molar-refractivity contribution in [2.45, 2.75) is 58.0 Å². The van der Waals surface area contributed by atoms with Gasteiger partial charge in [0.15, 0.2) is 0 Å². The molecule has 0 spiro atoms. The maximum Gasteiger partial charge on any atom is 0.318 e. The lowest BCUT2D eigenvalue weighted by molar-refractivity contribution is 0.186. The minimum atomic E-state index is 0.0859. The fraction of sp³-hybridized carbons (Fsp3) is 0.522. The van der Waals surface area contributed by atoms with Crippen LogP contribution in [0.2, 0.25) is 0 Å². The number of piperidine rings is 1. The van der Waals surface area contributed by atoms with E-state index in [1.54, 1.807) is 6.33 Å². The van der Waals surface area contributed by atoms with E-state index in [9.17, 15) is 4.79 Å². The molecule has 2 aromatic rings. The van der Waals surface area contributed by atoms with Gasteiger partial charge in [0, 0.05) is 37.4 Å². The molecule has 0 bridgehead atoms. The molecule has 0 radical (unpaired) electrons. The molecule has 29 heavy (non-hydrogen) atoms. The Labute approximate surface area is 173 Å². The second-order valence-electron chi connectivity index (χ2n) is 8.20. The van der Waals surface area contributed by atoms with Crippen molar-refractivity contribution in [3.05, 3.63) is 53.5 Å². The number of urea groups is 1. The fourth-order valence-corrected chi connectivity index (χ4v) is 4.50. The number of aryl methyl sites for hydroxylation is 2. The summed E-state index contributed by atoms with van der Waals surface area (Å²) in [6.07, 6.45) is 6.57. The molecule has 4 rings (SSSR count). The maximum atomic E-state index is 13.0. The first-order valence-corrected chi connectivity index (χ1v) is 10.8. The molecule has 2 aliphatic rings. The Morgan fingerprint density at radius 3 is 2.72 bits per heavy atom. The van der Waals surface area contributed by atoms with Gasteiger partial charge in [0.25, 0.3) is 0 Å². The molecular weight excluding hydrogens is 362 g/mol. The third kappa shape index (κ3) is 4.52. The number of carbonyl (C=O) groups is 1. The molecule has 1 aromatic carbocycles. The van der Waals surface area contributed by atoms with Gasteiger partial charge in [-0.15, -0.1) is 0 Å². The highest BCUT2D eigenvalue weighted by molar-refractivity contribution is 5.75. The molecule has 1 aromatic heterocycles. The van der Waals surface area contributed by atoms with Crippen LogP contribution in [0.25, 0.3) is 0 Å². The van der Waals surface area contributed by atoms with Crippen molar-refractivity contribution in [3.8, 4) is 0 Å². The quantitative estimate of drug-likeness (QED) is 0.857. The van der Waals surface area contributed by atoms with Crippen LogP contribution in [0.1, 0.15) is 55.5 Å². The van der Waals surface area contributed by atoms with Gasteiger partial charge in [-0.25, -0.2) is 14.8 Å². The van der Waals surface area contributed by atoms with Gasteiger partial charge in [-0.2, -0.15) is 0 Å². The van der Waals surface area contributed by atoms with Crippen LogP contribution in [-0.4, -0.2) is 46.6 Å². The highest BCUT2D eigenvalue weighted by Gasteiger charge is 2.31. The predicted octanol–water partition coefficient (Wildman–Crippen LogP) is 3.86. The molecule has 2 fully saturated rings. The molecule has 1 atom stereocenters. The molecule has 2 amide bonds. The molecule has 6 nitrogen and oxygen atoms in total. The number of nitrogens with zero attached hydrogens (tertiary/aromatic N) is 4. The normalized spacial score (nSPS) is 20.1. The second kappa shape index (κ2) is 8.80. The smallest absolute Gasteiger partial charge is 0.318 e. The number of amides is 2. The van der Waals surface area contributed by atoms with Crippen LogP contribution < -0.4 is 10.2 Å². The molecule has 3 heterocycles. The Bertz CT molecular complexity index is 847. The predicted molar refractivity (Wildman–Crippen MR) is 115 cm³/mol. The Hall–Kier alpha value is -2.63. The lowest BCUT2D eigenvalue weighted by atomic mass is 10.0. The zero-order valence-electron chi connectivity index (χ0n) is 17.5. The topological polar surface area (TPSA) is 61.4 Å². The monoisotopic (exact) mass is 393 g/mol. The van der Waals surface area contributed by atoms with E-state index >= 15 is 0 Å². The average molecular weight is 394 g/mol. The SMILES string of the molecule is CCc1cc(N2CCC(NC(=O)N3CCCC3c3cccc(C)c3)CC2)ncn1. The molecule has 2 aliphatic heterocycles. The maximum absolute atomic E-state index is 13.0. The minimum Gasteiger partial charge on any atom is -0.356 e. The van der Waals surface area contributed by atoms with Gasteiger partial charge in [-0.3, -0.25) is 0 Å². The fourth-order valence-electron chi connectivity index (χ4n) is 4.50. The molecule has 1 N–H and O–H groups in total. The standard InChI is InChI=1S/C23H31N5O/c1-3-19-15-22(25-16-24-19)27-12-9-20(10-13-27)26-23(29)28-11-5-8-21(28)18-7-4-6-17(2)14-18/h4,6-7,14-16,20-21H,3,5,8-13H2,1-2H3,(H,26,29). The van der Waals surface area contributed by atoms with Crippen LogP contribution >= 0.6 is 0 Å². The lowest BCUT2D eigenvalue weighted by Crippen LogP contribution is -2.49. The van der Waals surface area contributed by atoms with E-state index in [2.05, 4.69) is 64.4 Å². The van der Waals surface area contributed by atoms with E-state index in [4.69, 9.17) is 0 Å². The molecule has 6 heteroatoms. The number of hydrogen-bond acceptors (Lipinski definition) is 4. The van der Waals surface area contributed by atoms with Crippen molar-refractivity contribution in [1.82, 2.24) is 20.2 Å². The zero-order valence-corrected chi connectivity index (χ0v) is 17.5. The number of hydrogen-bond donors (Lipinski definition) is 1. The van der Waals surface area contributed by atoms with E-state index in [1.165, 1.54) is 11.1 Å². The van der Waals surface area contributed by atoms with Crippen molar-refractivity contribution in [2.75, 3.05) is 24.5 Å². The van der Waals surface area contributed by atoms with Gasteiger partial charge in [0.05, 0.1) is 6.04 Å². The van der Waals surface area contributed by atoms with Gasteiger partial charge in [0.1, 0.15) is 12.1 Å². The number of likely N-dealkylation sites (tertiary alicyclic amines) is 1. The van der Waals surface area contributed by atoms with Gasteiger partial charge in [-0.05, 0) is 44.6 Å². The summed E-state index contributed by atoms with van der Waals surface area (Å²) in [6.45, 7) is 6.87. The number of nitrogens with one attached hydrogen (secondary N) is 1. The first kappa shape index (κ1) is 19.7. The Balaban J connectivity index is 1.33. The van der Waals surface area contributed by atoms with Crippen LogP contribution in [0.3, 0.4) is 0 Å². The lowest BCUT2D eigenvalue weighted by Gasteiger charge is -2.35. The summed E-state index contributed by atoms with van der Waals surface area (Å²) in [5.74, 6) is 1.00. The first-order chi connectivity index (χ1) is 14.1. The Morgan fingerprint density at radius 2 is 1.97 bits per heavy atom. The summed E-state index contributed by atoms with van der Waals surface area (Å²) < 4.78 is 0. The number of anilines is 1. The largest absolute Gasteiger partial charge is 0.356 e. The van der Waals surface area contributed by atoms with Crippen LogP contribution in [0.5, 0.6) is 0 Å². The van der Waals surface area contributed by atoms with Gasteiger partial charge in [0.2, 0.25) is 0 Å². The molecule has 154 valence electrons. The van der Waals surface area contributed by atoms with Crippen LogP contribution in [-0.2, 0) is 6.42 Å². The van der Waals surface area contributed by atoms with E-state index in [0.29, 0.717) is 0 Å². The number of carbonyl (C=O) groups excluding carboxylic acids is 1. The number of benzene rings is 1. The van der Waals surface area contributed by atoms with E-state index < -0.39 is 0 Å². The average Bonchev–Trinajstić information content (AvgIpc) is 3.24. The summed E-state index contributed by atoms with van der Waals surface area (Å²) in [5, 5.41) is 3.30. The van der Waals surface area contributed by atoms with Gasteiger partial charge >= 0.3 is 6.03 Å². The van der Waals surface area contributed by atoms with Crippen LogP contribution in [0.4, 0.5) is 10.6 Å². The number of aromatic nitrogens is 2. The summed E-state index contributed by atoms with van der Waals surface area (Å²) in [5.41, 5.74) is 3.57. The van der Waals surface area contributed by atoms with E-state index in [-0.39, 0.29) is 18.1 Å². The third-order valence-corrected chi connectivity index (χ3v) is 6.16. The van der Waals surface area contributed by atoms with Crippen LogP contribution in [0, 0.1) is 6.92 Å². The highest BCUT2D eigenvalue weighted by Crippen LogP contribution is 2.32. The first-order valence-electron chi connectivity index (χ1n) is 10.8. The number of rotatable bonds is 4. The van der Waals surface area contributed by atoms with Crippen molar-refractivity contribution >= 4 is 11.8 Å². The van der Waals surface area contributed by atoms with Gasteiger partial charge in [-0.1, -0.05) is 36.8 Å². The van der Waals surface area contributed by atoms with Crippen molar-refractivity contribution in [2.24, 2.45) is 0 Å². The molecule has 2 saturated heterocycles. The molecular formula is C23H31N5O. The van der Waals surface area contributed by atoms with Crippen molar-refractivity contribution < 1.29 is 4.79 Å². The van der Waals surface area contributed by atoms with E-state index in [0.717, 1.165) is 63.3 Å². The van der Waals surface area contributed by atoms with Crippen LogP contribution in [0.15, 0.2) is 36.7 Å². The van der Waals surface area contributed by atoms with Gasteiger partial charge < -0.3 is 15.1 Å². The summed E-state index contributed by atoms with van der Waals surface area (Å²) in [4.78, 5) is 26.0. The highest BCUT2D eigenvalue weighted by atomic mass is 16.2. The summed E-state index contributed by atoms with van der Waals surface area (Å²) in [6, 6.07) is 11.1. The minimum absolute atomic E-state index is 0.0859. The van der Waals surface area contributed by atoms with E-state index in [1.807, 2.05) is 4.90 Å².